The van der Waals surface area contributed by atoms with E-state index in [1.165, 1.54) is 26.4 Å². The highest BCUT2D eigenvalue weighted by Crippen LogP contribution is 2.29. The van der Waals surface area contributed by atoms with Gasteiger partial charge in [-0.3, -0.25) is 14.9 Å². The summed E-state index contributed by atoms with van der Waals surface area (Å²) in [6.07, 6.45) is 1.62. The van der Waals surface area contributed by atoms with Gasteiger partial charge in [-0.05, 0) is 23.8 Å². The quantitative estimate of drug-likeness (QED) is 0.165. The molecule has 3 aromatic carbocycles. The summed E-state index contributed by atoms with van der Waals surface area (Å²) in [5.74, 6) is -0.610. The minimum atomic E-state index is -0.724. The van der Waals surface area contributed by atoms with Crippen LogP contribution in [-0.4, -0.2) is 37.6 Å². The molecule has 0 aliphatic rings. The van der Waals surface area contributed by atoms with Crippen LogP contribution in [-0.2, 0) is 14.3 Å². The molecule has 0 radical (unpaired) electrons. The van der Waals surface area contributed by atoms with E-state index in [9.17, 15) is 19.7 Å². The number of nitrogens with zero attached hydrogens (tertiary/aromatic N) is 1. The standard InChI is InChI=1S/C25H22N2O7/c1-32-22-11-7-6-10-18(22)14-20(17-8-4-3-5-9-17)25(29)34-16-24(28)26-21-15-19(27(30)31)12-13-23(21)33-2/h3-15H,16H2,1-2H3,(H,26,28)/b20-14+. The summed E-state index contributed by atoms with van der Waals surface area (Å²) in [6.45, 7) is -0.610. The molecule has 0 unspecified atom stereocenters. The average molecular weight is 462 g/mol. The Morgan fingerprint density at radius 2 is 1.62 bits per heavy atom. The number of carbonyl (C=O) groups excluding carboxylic acids is 2. The Balaban J connectivity index is 1.79. The Bertz CT molecular complexity index is 1220. The smallest absolute Gasteiger partial charge is 0.339 e. The van der Waals surface area contributed by atoms with E-state index in [1.54, 1.807) is 42.5 Å². The van der Waals surface area contributed by atoms with Crippen molar-refractivity contribution in [3.05, 3.63) is 94.0 Å². The van der Waals surface area contributed by atoms with E-state index in [-0.39, 0.29) is 22.7 Å². The molecule has 0 aromatic heterocycles. The zero-order valence-electron chi connectivity index (χ0n) is 18.5. The second kappa shape index (κ2) is 11.3. The number of benzene rings is 3. The van der Waals surface area contributed by atoms with Gasteiger partial charge in [0.1, 0.15) is 11.5 Å². The van der Waals surface area contributed by atoms with Gasteiger partial charge in [-0.2, -0.15) is 0 Å². The van der Waals surface area contributed by atoms with Gasteiger partial charge in [-0.1, -0.05) is 48.5 Å². The first-order chi connectivity index (χ1) is 16.4. The molecule has 0 saturated heterocycles. The lowest BCUT2D eigenvalue weighted by molar-refractivity contribution is -0.384. The second-order valence-electron chi connectivity index (χ2n) is 6.93. The van der Waals surface area contributed by atoms with Gasteiger partial charge in [-0.25, -0.2) is 4.79 Å². The number of nitro groups is 1. The van der Waals surface area contributed by atoms with Crippen molar-refractivity contribution >= 4 is 34.9 Å². The number of amides is 1. The monoisotopic (exact) mass is 462 g/mol. The molecule has 0 aliphatic heterocycles. The normalized spacial score (nSPS) is 10.8. The summed E-state index contributed by atoms with van der Waals surface area (Å²) >= 11 is 0. The molecule has 0 heterocycles. The summed E-state index contributed by atoms with van der Waals surface area (Å²) in [6, 6.07) is 19.8. The number of nitrogens with one attached hydrogen (secondary N) is 1. The Kier molecular flexibility index (Phi) is 7.96. The van der Waals surface area contributed by atoms with E-state index >= 15 is 0 Å². The third-order valence-corrected chi connectivity index (χ3v) is 4.75. The summed E-state index contributed by atoms with van der Waals surface area (Å²) in [5, 5.41) is 13.5. The van der Waals surface area contributed by atoms with E-state index in [4.69, 9.17) is 14.2 Å². The van der Waals surface area contributed by atoms with Gasteiger partial charge in [0, 0.05) is 17.7 Å². The Hall–Kier alpha value is -4.66. The maximum Gasteiger partial charge on any atom is 0.339 e. The van der Waals surface area contributed by atoms with Crippen LogP contribution < -0.4 is 14.8 Å². The SMILES string of the molecule is COc1ccccc1/C=C(/C(=O)OCC(=O)Nc1cc([N+](=O)[O-])ccc1OC)c1ccccc1. The van der Waals surface area contributed by atoms with Crippen molar-refractivity contribution in [2.45, 2.75) is 0 Å². The number of esters is 1. The molecule has 0 saturated carbocycles. The summed E-state index contributed by atoms with van der Waals surface area (Å²) < 4.78 is 15.7. The van der Waals surface area contributed by atoms with Crippen LogP contribution in [0.25, 0.3) is 11.6 Å². The van der Waals surface area contributed by atoms with Gasteiger partial charge < -0.3 is 19.5 Å². The maximum atomic E-state index is 12.9. The molecule has 0 spiro atoms. The summed E-state index contributed by atoms with van der Waals surface area (Å²) in [7, 11) is 2.89. The molecule has 0 fully saturated rings. The van der Waals surface area contributed by atoms with Crippen molar-refractivity contribution in [3.8, 4) is 11.5 Å². The fraction of sp³-hybridized carbons (Fsp3) is 0.120. The predicted molar refractivity (Wildman–Crippen MR) is 127 cm³/mol. The highest BCUT2D eigenvalue weighted by atomic mass is 16.6. The molecule has 0 atom stereocenters. The second-order valence-corrected chi connectivity index (χ2v) is 6.93. The number of anilines is 1. The molecule has 34 heavy (non-hydrogen) atoms. The number of rotatable bonds is 9. The Morgan fingerprint density at radius 1 is 0.941 bits per heavy atom. The van der Waals surface area contributed by atoms with Gasteiger partial charge in [0.2, 0.25) is 0 Å². The van der Waals surface area contributed by atoms with Crippen molar-refractivity contribution in [1.29, 1.82) is 0 Å². The highest BCUT2D eigenvalue weighted by Gasteiger charge is 2.18. The van der Waals surface area contributed by atoms with Crippen molar-refractivity contribution in [2.75, 3.05) is 26.1 Å². The van der Waals surface area contributed by atoms with Crippen molar-refractivity contribution in [3.63, 3.8) is 0 Å². The van der Waals surface area contributed by atoms with Gasteiger partial charge in [0.25, 0.3) is 11.6 Å². The molecule has 174 valence electrons. The molecule has 9 heteroatoms. The van der Waals surface area contributed by atoms with Crippen LogP contribution in [0.15, 0.2) is 72.8 Å². The fourth-order valence-corrected chi connectivity index (χ4v) is 3.12. The molecule has 3 aromatic rings. The number of hydrogen-bond acceptors (Lipinski definition) is 7. The molecular weight excluding hydrogens is 440 g/mol. The molecule has 1 N–H and O–H groups in total. The maximum absolute atomic E-state index is 12.9. The number of hydrogen-bond donors (Lipinski definition) is 1. The fourth-order valence-electron chi connectivity index (χ4n) is 3.12. The van der Waals surface area contributed by atoms with Gasteiger partial charge in [0.15, 0.2) is 6.61 Å². The first-order valence-corrected chi connectivity index (χ1v) is 10.1. The Morgan fingerprint density at radius 3 is 2.29 bits per heavy atom. The van der Waals surface area contributed by atoms with E-state index in [1.807, 2.05) is 18.2 Å². The van der Waals surface area contributed by atoms with Crippen LogP contribution in [0.2, 0.25) is 0 Å². The van der Waals surface area contributed by atoms with Gasteiger partial charge in [0.05, 0.1) is 30.4 Å². The van der Waals surface area contributed by atoms with Crippen molar-refractivity contribution < 1.29 is 28.7 Å². The molecular formula is C25H22N2O7. The number of para-hydroxylation sites is 1. The number of ether oxygens (including phenoxy) is 3. The highest BCUT2D eigenvalue weighted by molar-refractivity contribution is 6.22. The first-order valence-electron chi connectivity index (χ1n) is 10.1. The van der Waals surface area contributed by atoms with Gasteiger partial charge in [-0.15, -0.1) is 0 Å². The average Bonchev–Trinajstić information content (AvgIpc) is 2.86. The lowest BCUT2D eigenvalue weighted by Crippen LogP contribution is -2.21. The molecule has 3 rings (SSSR count). The van der Waals surface area contributed by atoms with E-state index in [0.717, 1.165) is 6.07 Å². The lowest BCUT2D eigenvalue weighted by Gasteiger charge is -2.12. The minimum absolute atomic E-state index is 0.0885. The van der Waals surface area contributed by atoms with Crippen LogP contribution in [0.3, 0.4) is 0 Å². The van der Waals surface area contributed by atoms with Gasteiger partial charge >= 0.3 is 5.97 Å². The predicted octanol–water partition coefficient (Wildman–Crippen LogP) is 4.33. The van der Waals surface area contributed by atoms with Crippen LogP contribution in [0.1, 0.15) is 11.1 Å². The molecule has 0 bridgehead atoms. The van der Waals surface area contributed by atoms with Crippen molar-refractivity contribution in [2.24, 2.45) is 0 Å². The first kappa shape index (κ1) is 24.0. The largest absolute Gasteiger partial charge is 0.496 e. The zero-order valence-corrected chi connectivity index (χ0v) is 18.5. The number of non-ortho nitro benzene ring substituents is 1. The van der Waals surface area contributed by atoms with E-state index in [2.05, 4.69) is 5.32 Å². The lowest BCUT2D eigenvalue weighted by atomic mass is 10.0. The Labute approximate surface area is 195 Å². The van der Waals surface area contributed by atoms with Crippen LogP contribution in [0.5, 0.6) is 11.5 Å². The van der Waals surface area contributed by atoms with Crippen LogP contribution in [0.4, 0.5) is 11.4 Å². The van der Waals surface area contributed by atoms with E-state index < -0.39 is 23.4 Å². The van der Waals surface area contributed by atoms with Crippen LogP contribution >= 0.6 is 0 Å². The van der Waals surface area contributed by atoms with Crippen molar-refractivity contribution in [1.82, 2.24) is 0 Å². The topological polar surface area (TPSA) is 117 Å². The summed E-state index contributed by atoms with van der Waals surface area (Å²) in [5.41, 5.74) is 1.35. The minimum Gasteiger partial charge on any atom is -0.496 e. The van der Waals surface area contributed by atoms with Crippen LogP contribution in [0, 0.1) is 10.1 Å². The number of carbonyl (C=O) groups is 2. The zero-order chi connectivity index (χ0) is 24.5. The van der Waals surface area contributed by atoms with E-state index in [0.29, 0.717) is 16.9 Å². The third kappa shape index (κ3) is 5.98. The number of methoxy groups -OCH3 is 2. The molecule has 9 nitrogen and oxygen atoms in total. The number of nitro benzene ring substituents is 1. The molecule has 1 amide bonds. The third-order valence-electron chi connectivity index (χ3n) is 4.75. The summed E-state index contributed by atoms with van der Waals surface area (Å²) in [4.78, 5) is 35.8. The molecule has 0 aliphatic carbocycles.